The van der Waals surface area contributed by atoms with Crippen LogP contribution in [0.25, 0.3) is 22.5 Å². The lowest BCUT2D eigenvalue weighted by atomic mass is 10.1. The number of nitrogens with one attached hydrogen (secondary N) is 1. The first-order valence-corrected chi connectivity index (χ1v) is 10.8. The van der Waals surface area contributed by atoms with E-state index in [1.54, 1.807) is 12.3 Å². The van der Waals surface area contributed by atoms with E-state index < -0.39 is 0 Å². The van der Waals surface area contributed by atoms with Gasteiger partial charge in [0.15, 0.2) is 11.0 Å². The van der Waals surface area contributed by atoms with Crippen LogP contribution in [-0.2, 0) is 11.3 Å². The first-order chi connectivity index (χ1) is 15.2. The van der Waals surface area contributed by atoms with Gasteiger partial charge in [-0.1, -0.05) is 60.3 Å². The van der Waals surface area contributed by atoms with E-state index in [1.165, 1.54) is 11.8 Å². The number of furan rings is 1. The number of aromatic nitrogens is 3. The maximum absolute atomic E-state index is 12.5. The minimum atomic E-state index is -0.105. The van der Waals surface area contributed by atoms with Crippen LogP contribution in [0, 0.1) is 6.92 Å². The monoisotopic (exact) mass is 430 g/mol. The van der Waals surface area contributed by atoms with Crippen LogP contribution in [0.2, 0.25) is 0 Å². The lowest BCUT2D eigenvalue weighted by Gasteiger charge is -2.08. The minimum Gasteiger partial charge on any atom is -0.469 e. The van der Waals surface area contributed by atoms with E-state index in [-0.39, 0.29) is 11.7 Å². The van der Waals surface area contributed by atoms with Crippen molar-refractivity contribution in [3.05, 3.63) is 85.3 Å². The van der Waals surface area contributed by atoms with Crippen molar-refractivity contribution in [1.82, 2.24) is 14.8 Å². The van der Waals surface area contributed by atoms with Gasteiger partial charge in [-0.3, -0.25) is 9.36 Å². The van der Waals surface area contributed by atoms with Crippen LogP contribution >= 0.6 is 11.8 Å². The van der Waals surface area contributed by atoms with Crippen molar-refractivity contribution in [1.29, 1.82) is 0 Å². The molecule has 2 aromatic heterocycles. The average Bonchev–Trinajstić information content (AvgIpc) is 3.39. The lowest BCUT2D eigenvalue weighted by Crippen LogP contribution is -2.14. The average molecular weight is 431 g/mol. The zero-order valence-electron chi connectivity index (χ0n) is 17.1. The summed E-state index contributed by atoms with van der Waals surface area (Å²) < 4.78 is 7.31. The zero-order valence-corrected chi connectivity index (χ0v) is 17.9. The van der Waals surface area contributed by atoms with E-state index >= 15 is 0 Å². The molecule has 0 saturated carbocycles. The fourth-order valence-corrected chi connectivity index (χ4v) is 3.96. The van der Waals surface area contributed by atoms with Gasteiger partial charge in [0.25, 0.3) is 0 Å². The Morgan fingerprint density at radius 3 is 2.52 bits per heavy atom. The molecule has 4 aromatic rings. The summed E-state index contributed by atoms with van der Waals surface area (Å²) in [7, 11) is 0. The summed E-state index contributed by atoms with van der Waals surface area (Å²) in [5.41, 5.74) is 3.88. The van der Waals surface area contributed by atoms with Crippen molar-refractivity contribution in [2.75, 3.05) is 11.1 Å². The van der Waals surface area contributed by atoms with E-state index in [1.807, 2.05) is 60.0 Å². The highest BCUT2D eigenvalue weighted by Crippen LogP contribution is 2.27. The topological polar surface area (TPSA) is 73.0 Å². The number of carbonyl (C=O) groups excluding carboxylic acids is 1. The van der Waals surface area contributed by atoms with Crippen LogP contribution in [0.15, 0.2) is 89.2 Å². The van der Waals surface area contributed by atoms with Crippen molar-refractivity contribution in [2.45, 2.75) is 18.6 Å². The Labute approximate surface area is 185 Å². The maximum atomic E-state index is 12.5. The van der Waals surface area contributed by atoms with Crippen LogP contribution in [0.5, 0.6) is 0 Å². The van der Waals surface area contributed by atoms with Crippen LogP contribution in [0.1, 0.15) is 5.76 Å². The van der Waals surface area contributed by atoms with Crippen molar-refractivity contribution >= 4 is 23.4 Å². The summed E-state index contributed by atoms with van der Waals surface area (Å²) in [5, 5.41) is 12.1. The molecule has 0 atom stereocenters. The SMILES string of the molecule is C=CCn1c(SCC(=O)Nc2ccc(-c3ccccc3)cc2)nnc1-c1ccoc1C. The summed E-state index contributed by atoms with van der Waals surface area (Å²) in [5.74, 6) is 1.59. The molecule has 0 radical (unpaired) electrons. The van der Waals surface area contributed by atoms with Crippen molar-refractivity contribution in [3.63, 3.8) is 0 Å². The van der Waals surface area contributed by atoms with Gasteiger partial charge in [0, 0.05) is 12.2 Å². The predicted octanol–water partition coefficient (Wildman–Crippen LogP) is 5.43. The molecular weight excluding hydrogens is 408 g/mol. The Bertz CT molecular complexity index is 1180. The van der Waals surface area contributed by atoms with Gasteiger partial charge in [-0.2, -0.15) is 0 Å². The Hall–Kier alpha value is -3.58. The van der Waals surface area contributed by atoms with Gasteiger partial charge < -0.3 is 9.73 Å². The quantitative estimate of drug-likeness (QED) is 0.298. The highest BCUT2D eigenvalue weighted by Gasteiger charge is 2.17. The van der Waals surface area contributed by atoms with E-state index in [0.717, 1.165) is 28.1 Å². The summed E-state index contributed by atoms with van der Waals surface area (Å²) in [6.07, 6.45) is 3.40. The lowest BCUT2D eigenvalue weighted by molar-refractivity contribution is -0.113. The van der Waals surface area contributed by atoms with Crippen molar-refractivity contribution < 1.29 is 9.21 Å². The number of aryl methyl sites for hydroxylation is 1. The molecule has 6 nitrogen and oxygen atoms in total. The second kappa shape index (κ2) is 9.49. The molecule has 156 valence electrons. The highest BCUT2D eigenvalue weighted by atomic mass is 32.2. The van der Waals surface area contributed by atoms with Gasteiger partial charge in [-0.05, 0) is 36.2 Å². The Balaban J connectivity index is 1.40. The number of carbonyl (C=O) groups is 1. The van der Waals surface area contributed by atoms with Crippen LogP contribution in [0.3, 0.4) is 0 Å². The number of benzene rings is 2. The van der Waals surface area contributed by atoms with Crippen molar-refractivity contribution in [3.8, 4) is 22.5 Å². The molecule has 0 spiro atoms. The molecule has 7 heteroatoms. The zero-order chi connectivity index (χ0) is 21.6. The molecule has 2 heterocycles. The van der Waals surface area contributed by atoms with Gasteiger partial charge in [-0.25, -0.2) is 0 Å². The summed E-state index contributed by atoms with van der Waals surface area (Å²) in [6.45, 7) is 6.23. The van der Waals surface area contributed by atoms with Gasteiger partial charge in [0.05, 0.1) is 17.6 Å². The minimum absolute atomic E-state index is 0.105. The van der Waals surface area contributed by atoms with Gasteiger partial charge in [-0.15, -0.1) is 16.8 Å². The van der Waals surface area contributed by atoms with Gasteiger partial charge in [0.2, 0.25) is 5.91 Å². The second-order valence-corrected chi connectivity index (χ2v) is 7.82. The van der Waals surface area contributed by atoms with Crippen LogP contribution in [0.4, 0.5) is 5.69 Å². The Morgan fingerprint density at radius 2 is 1.84 bits per heavy atom. The largest absolute Gasteiger partial charge is 0.469 e. The Morgan fingerprint density at radius 1 is 1.10 bits per heavy atom. The van der Waals surface area contributed by atoms with E-state index in [2.05, 4.69) is 34.2 Å². The number of amides is 1. The first-order valence-electron chi connectivity index (χ1n) is 9.82. The van der Waals surface area contributed by atoms with Crippen LogP contribution in [-0.4, -0.2) is 26.4 Å². The highest BCUT2D eigenvalue weighted by molar-refractivity contribution is 7.99. The number of hydrogen-bond acceptors (Lipinski definition) is 5. The Kier molecular flexibility index (Phi) is 6.33. The van der Waals surface area contributed by atoms with Crippen LogP contribution < -0.4 is 5.32 Å². The molecule has 0 aliphatic rings. The third kappa shape index (κ3) is 4.78. The molecule has 2 aromatic carbocycles. The van der Waals surface area contributed by atoms with E-state index in [9.17, 15) is 4.79 Å². The summed E-state index contributed by atoms with van der Waals surface area (Å²) in [6, 6.07) is 19.8. The fourth-order valence-electron chi connectivity index (χ4n) is 3.21. The standard InChI is InChI=1S/C24H22N4O2S/c1-3-14-28-23(21-13-15-30-17(21)2)26-27-24(28)31-16-22(29)25-20-11-9-19(10-12-20)18-7-5-4-6-8-18/h3-13,15H,1,14,16H2,2H3,(H,25,29). The predicted molar refractivity (Wildman–Crippen MR) is 124 cm³/mol. The first kappa shape index (κ1) is 20.7. The molecular formula is C24H22N4O2S. The molecule has 0 unspecified atom stereocenters. The normalized spacial score (nSPS) is 10.7. The molecule has 0 bridgehead atoms. The number of thioether (sulfide) groups is 1. The van der Waals surface area contributed by atoms with Crippen molar-refractivity contribution in [2.24, 2.45) is 0 Å². The number of hydrogen-bond donors (Lipinski definition) is 1. The van der Waals surface area contributed by atoms with E-state index in [4.69, 9.17) is 4.42 Å². The van der Waals surface area contributed by atoms with Gasteiger partial charge in [0.1, 0.15) is 5.76 Å². The number of allylic oxidation sites excluding steroid dienone is 1. The summed E-state index contributed by atoms with van der Waals surface area (Å²) >= 11 is 1.34. The number of anilines is 1. The molecule has 0 aliphatic carbocycles. The molecule has 31 heavy (non-hydrogen) atoms. The third-order valence-electron chi connectivity index (χ3n) is 4.74. The molecule has 0 aliphatic heterocycles. The smallest absolute Gasteiger partial charge is 0.234 e. The maximum Gasteiger partial charge on any atom is 0.234 e. The number of rotatable bonds is 8. The molecule has 0 fully saturated rings. The molecule has 4 rings (SSSR count). The third-order valence-corrected chi connectivity index (χ3v) is 5.70. The van der Waals surface area contributed by atoms with E-state index in [0.29, 0.717) is 17.5 Å². The fraction of sp³-hybridized carbons (Fsp3) is 0.125. The molecule has 1 amide bonds. The van der Waals surface area contributed by atoms with Gasteiger partial charge >= 0.3 is 0 Å². The molecule has 1 N–H and O–H groups in total. The molecule has 0 saturated heterocycles. The number of nitrogens with zero attached hydrogens (tertiary/aromatic N) is 3. The summed E-state index contributed by atoms with van der Waals surface area (Å²) in [4.78, 5) is 12.5. The second-order valence-electron chi connectivity index (χ2n) is 6.88.